The molecule has 0 fully saturated rings. The summed E-state index contributed by atoms with van der Waals surface area (Å²) in [4.78, 5) is 16.4. The minimum absolute atomic E-state index is 0.0547. The molecule has 0 unspecified atom stereocenters. The van der Waals surface area contributed by atoms with Crippen molar-refractivity contribution in [3.05, 3.63) is 29.1 Å². The summed E-state index contributed by atoms with van der Waals surface area (Å²) in [5.41, 5.74) is 2.15. The Kier molecular flexibility index (Phi) is 4.69. The molecule has 94 valence electrons. The first-order chi connectivity index (χ1) is 7.85. The fraction of sp³-hybridized carbons (Fsp3) is 0.538. The topological polar surface area (TPSA) is 42.0 Å². The molecule has 4 heteroatoms. The van der Waals surface area contributed by atoms with Gasteiger partial charge in [-0.1, -0.05) is 15.9 Å². The molecule has 0 aliphatic rings. The van der Waals surface area contributed by atoms with Gasteiger partial charge in [-0.05, 0) is 46.2 Å². The average molecular weight is 299 g/mol. The van der Waals surface area contributed by atoms with Crippen LogP contribution in [0.2, 0.25) is 0 Å². The van der Waals surface area contributed by atoms with Crippen LogP contribution in [-0.2, 0) is 0 Å². The molecular formula is C13H19BrN2O. The van der Waals surface area contributed by atoms with Gasteiger partial charge in [0.05, 0.1) is 11.3 Å². The van der Waals surface area contributed by atoms with Gasteiger partial charge < -0.3 is 5.32 Å². The summed E-state index contributed by atoms with van der Waals surface area (Å²) in [5.74, 6) is -0.0547. The molecule has 0 bridgehead atoms. The summed E-state index contributed by atoms with van der Waals surface area (Å²) in [6.07, 6.45) is 0.886. The van der Waals surface area contributed by atoms with Gasteiger partial charge in [0.2, 0.25) is 0 Å². The van der Waals surface area contributed by atoms with Crippen molar-refractivity contribution in [1.82, 2.24) is 10.3 Å². The van der Waals surface area contributed by atoms with Gasteiger partial charge in [-0.3, -0.25) is 9.78 Å². The molecule has 0 spiro atoms. The molecule has 0 saturated carbocycles. The van der Waals surface area contributed by atoms with Crippen LogP contribution in [0.1, 0.15) is 42.0 Å². The number of nitrogens with zero attached hydrogens (tertiary/aromatic N) is 1. The number of carbonyl (C=O) groups excluding carboxylic acids is 1. The Morgan fingerprint density at radius 1 is 1.41 bits per heavy atom. The molecule has 1 N–H and O–H groups in total. The Morgan fingerprint density at radius 2 is 2.06 bits per heavy atom. The van der Waals surface area contributed by atoms with Crippen molar-refractivity contribution in [1.29, 1.82) is 0 Å². The fourth-order valence-electron chi connectivity index (χ4n) is 1.60. The van der Waals surface area contributed by atoms with E-state index in [1.807, 2.05) is 39.8 Å². The van der Waals surface area contributed by atoms with Crippen LogP contribution in [0.5, 0.6) is 0 Å². The minimum Gasteiger partial charge on any atom is -0.347 e. The van der Waals surface area contributed by atoms with E-state index < -0.39 is 0 Å². The number of amides is 1. The van der Waals surface area contributed by atoms with Gasteiger partial charge in [-0.15, -0.1) is 0 Å². The van der Waals surface area contributed by atoms with E-state index in [2.05, 4.69) is 26.2 Å². The van der Waals surface area contributed by atoms with E-state index in [1.54, 1.807) is 0 Å². The number of halogens is 1. The van der Waals surface area contributed by atoms with Gasteiger partial charge in [-0.2, -0.15) is 0 Å². The highest BCUT2D eigenvalue weighted by Crippen LogP contribution is 2.13. The van der Waals surface area contributed by atoms with Crippen LogP contribution in [-0.4, -0.2) is 21.8 Å². The SMILES string of the molecule is Cc1ccc(C(=O)NC(C)(C)CCBr)c(C)n1. The van der Waals surface area contributed by atoms with E-state index in [4.69, 9.17) is 0 Å². The zero-order valence-corrected chi connectivity index (χ0v) is 12.4. The van der Waals surface area contributed by atoms with Crippen molar-refractivity contribution in [2.45, 2.75) is 39.7 Å². The van der Waals surface area contributed by atoms with Crippen molar-refractivity contribution in [3.8, 4) is 0 Å². The third-order valence-electron chi connectivity index (χ3n) is 2.64. The molecule has 0 aliphatic carbocycles. The summed E-state index contributed by atoms with van der Waals surface area (Å²) in [6, 6.07) is 3.69. The Morgan fingerprint density at radius 3 is 2.59 bits per heavy atom. The lowest BCUT2D eigenvalue weighted by Crippen LogP contribution is -2.44. The van der Waals surface area contributed by atoms with Crippen molar-refractivity contribution < 1.29 is 4.79 Å². The summed E-state index contributed by atoms with van der Waals surface area (Å²) in [7, 11) is 0. The van der Waals surface area contributed by atoms with Crippen LogP contribution < -0.4 is 5.32 Å². The fourth-order valence-corrected chi connectivity index (χ4v) is 2.59. The molecule has 1 heterocycles. The molecule has 0 saturated heterocycles. The van der Waals surface area contributed by atoms with Crippen molar-refractivity contribution in [2.24, 2.45) is 0 Å². The zero-order chi connectivity index (χ0) is 13.1. The van der Waals surface area contributed by atoms with Crippen LogP contribution in [0.4, 0.5) is 0 Å². The number of hydrogen-bond acceptors (Lipinski definition) is 2. The number of hydrogen-bond donors (Lipinski definition) is 1. The maximum atomic E-state index is 12.1. The standard InChI is InChI=1S/C13H19BrN2O/c1-9-5-6-11(10(2)15-9)12(17)16-13(3,4)7-8-14/h5-6H,7-8H2,1-4H3,(H,16,17). The zero-order valence-electron chi connectivity index (χ0n) is 10.8. The summed E-state index contributed by atoms with van der Waals surface area (Å²) < 4.78 is 0. The Balaban J connectivity index is 2.83. The van der Waals surface area contributed by atoms with Gasteiger partial charge in [0.25, 0.3) is 5.91 Å². The Labute approximate surface area is 111 Å². The van der Waals surface area contributed by atoms with Gasteiger partial charge in [0, 0.05) is 16.6 Å². The second-order valence-corrected chi connectivity index (χ2v) is 5.66. The van der Waals surface area contributed by atoms with Crippen LogP contribution >= 0.6 is 15.9 Å². The monoisotopic (exact) mass is 298 g/mol. The molecule has 1 amide bonds. The number of carbonyl (C=O) groups is 1. The Bertz CT molecular complexity index is 416. The number of alkyl halides is 1. The van der Waals surface area contributed by atoms with E-state index in [9.17, 15) is 4.79 Å². The van der Waals surface area contributed by atoms with Crippen LogP contribution in [0.25, 0.3) is 0 Å². The maximum absolute atomic E-state index is 12.1. The van der Waals surface area contributed by atoms with E-state index in [0.717, 1.165) is 23.1 Å². The summed E-state index contributed by atoms with van der Waals surface area (Å²) >= 11 is 3.39. The Hall–Kier alpha value is -0.900. The van der Waals surface area contributed by atoms with Crippen molar-refractivity contribution in [2.75, 3.05) is 5.33 Å². The van der Waals surface area contributed by atoms with Gasteiger partial charge in [-0.25, -0.2) is 0 Å². The molecule has 0 aromatic carbocycles. The highest BCUT2D eigenvalue weighted by atomic mass is 79.9. The third-order valence-corrected chi connectivity index (χ3v) is 3.04. The quantitative estimate of drug-likeness (QED) is 0.868. The van der Waals surface area contributed by atoms with Crippen molar-refractivity contribution in [3.63, 3.8) is 0 Å². The molecule has 0 aliphatic heterocycles. The number of aryl methyl sites for hydroxylation is 2. The number of aromatic nitrogens is 1. The summed E-state index contributed by atoms with van der Waals surface area (Å²) in [6.45, 7) is 7.81. The molecule has 3 nitrogen and oxygen atoms in total. The predicted molar refractivity (Wildman–Crippen MR) is 73.7 cm³/mol. The van der Waals surface area contributed by atoms with Crippen molar-refractivity contribution >= 4 is 21.8 Å². The molecule has 1 aromatic rings. The first kappa shape index (κ1) is 14.2. The lowest BCUT2D eigenvalue weighted by molar-refractivity contribution is 0.0911. The van der Waals surface area contributed by atoms with Crippen LogP contribution in [0, 0.1) is 13.8 Å². The minimum atomic E-state index is -0.210. The van der Waals surface area contributed by atoms with Gasteiger partial charge in [0.15, 0.2) is 0 Å². The number of pyridine rings is 1. The highest BCUT2D eigenvalue weighted by Gasteiger charge is 2.21. The lowest BCUT2D eigenvalue weighted by atomic mass is 10.0. The molecular weight excluding hydrogens is 280 g/mol. The summed E-state index contributed by atoms with van der Waals surface area (Å²) in [5, 5.41) is 3.89. The van der Waals surface area contributed by atoms with Gasteiger partial charge in [0.1, 0.15) is 0 Å². The predicted octanol–water partition coefficient (Wildman–Crippen LogP) is 2.99. The lowest BCUT2D eigenvalue weighted by Gasteiger charge is -2.25. The highest BCUT2D eigenvalue weighted by molar-refractivity contribution is 9.09. The third kappa shape index (κ3) is 4.11. The number of nitrogens with one attached hydrogen (secondary N) is 1. The average Bonchev–Trinajstić information content (AvgIpc) is 2.15. The molecule has 0 radical (unpaired) electrons. The smallest absolute Gasteiger partial charge is 0.253 e. The van der Waals surface area contributed by atoms with Gasteiger partial charge >= 0.3 is 0 Å². The second kappa shape index (κ2) is 5.63. The van der Waals surface area contributed by atoms with Crippen LogP contribution in [0.3, 0.4) is 0 Å². The maximum Gasteiger partial charge on any atom is 0.253 e. The van der Waals surface area contributed by atoms with Crippen LogP contribution in [0.15, 0.2) is 12.1 Å². The molecule has 1 aromatic heterocycles. The van der Waals surface area contributed by atoms with E-state index >= 15 is 0 Å². The molecule has 0 atom stereocenters. The first-order valence-electron chi connectivity index (χ1n) is 5.68. The second-order valence-electron chi connectivity index (χ2n) is 4.86. The normalized spacial score (nSPS) is 11.4. The number of rotatable bonds is 4. The van der Waals surface area contributed by atoms with E-state index in [-0.39, 0.29) is 11.4 Å². The van der Waals surface area contributed by atoms with E-state index in [1.165, 1.54) is 0 Å². The largest absolute Gasteiger partial charge is 0.347 e. The van der Waals surface area contributed by atoms with E-state index in [0.29, 0.717) is 5.56 Å². The molecule has 17 heavy (non-hydrogen) atoms. The molecule has 1 rings (SSSR count). The first-order valence-corrected chi connectivity index (χ1v) is 6.80.